The molecule has 0 aliphatic carbocycles. The van der Waals surface area contributed by atoms with Gasteiger partial charge in [0, 0.05) is 17.8 Å². The molecule has 0 N–H and O–H groups in total. The van der Waals surface area contributed by atoms with E-state index in [-0.39, 0.29) is 0 Å². The van der Waals surface area contributed by atoms with Crippen LogP contribution < -0.4 is 4.74 Å². The lowest BCUT2D eigenvalue weighted by atomic mass is 10.1. The van der Waals surface area contributed by atoms with Crippen molar-refractivity contribution in [3.8, 4) is 11.6 Å². The molecule has 3 rings (SSSR count). The molecule has 1 atom stereocenters. The summed E-state index contributed by atoms with van der Waals surface area (Å²) in [7, 11) is 0. The molecule has 2 aromatic rings. The molecule has 0 amide bonds. The maximum Gasteiger partial charge on any atom is 0.223 e. The van der Waals surface area contributed by atoms with Crippen molar-refractivity contribution in [1.82, 2.24) is 9.88 Å². The minimum absolute atomic E-state index is 0.442. The van der Waals surface area contributed by atoms with E-state index in [9.17, 15) is 0 Å². The zero-order valence-corrected chi connectivity index (χ0v) is 12.5. The van der Waals surface area contributed by atoms with Crippen molar-refractivity contribution in [3.63, 3.8) is 0 Å². The maximum atomic E-state index is 6.01. The number of hydrogen-bond acceptors (Lipinski definition) is 3. The maximum absolute atomic E-state index is 6.01. The van der Waals surface area contributed by atoms with Crippen LogP contribution in [0.3, 0.4) is 0 Å². The Morgan fingerprint density at radius 1 is 1.19 bits per heavy atom. The quantitative estimate of drug-likeness (QED) is 0.811. The average Bonchev–Trinajstić information content (AvgIpc) is 2.97. The Labute approximate surface area is 126 Å². The Hall–Kier alpha value is -1.87. The van der Waals surface area contributed by atoms with Gasteiger partial charge < -0.3 is 4.74 Å². The van der Waals surface area contributed by atoms with Crippen LogP contribution in [-0.4, -0.2) is 23.0 Å². The molecule has 0 bridgehead atoms. The highest BCUT2D eigenvalue weighted by molar-refractivity contribution is 5.34. The monoisotopic (exact) mass is 282 g/mol. The fourth-order valence-corrected chi connectivity index (χ4v) is 3.08. The first kappa shape index (κ1) is 14.1. The van der Waals surface area contributed by atoms with Gasteiger partial charge in [-0.05, 0) is 50.6 Å². The summed E-state index contributed by atoms with van der Waals surface area (Å²) in [6.45, 7) is 4.56. The molecule has 3 nitrogen and oxygen atoms in total. The number of likely N-dealkylation sites (tertiary alicyclic amines) is 1. The highest BCUT2D eigenvalue weighted by atomic mass is 16.5. The Balaban J connectivity index is 1.85. The van der Waals surface area contributed by atoms with Gasteiger partial charge in [0.2, 0.25) is 5.88 Å². The third-order valence-electron chi connectivity index (χ3n) is 3.99. The van der Waals surface area contributed by atoms with Gasteiger partial charge in [0.05, 0.1) is 0 Å². The topological polar surface area (TPSA) is 25.4 Å². The number of hydrogen-bond donors (Lipinski definition) is 0. The average molecular weight is 282 g/mol. The van der Waals surface area contributed by atoms with E-state index in [1.54, 1.807) is 6.20 Å². The molecule has 0 spiro atoms. The van der Waals surface area contributed by atoms with Gasteiger partial charge in [0.1, 0.15) is 5.75 Å². The van der Waals surface area contributed by atoms with Crippen LogP contribution in [0.1, 0.15) is 37.8 Å². The van der Waals surface area contributed by atoms with E-state index >= 15 is 0 Å². The van der Waals surface area contributed by atoms with Gasteiger partial charge in [-0.25, -0.2) is 4.98 Å². The lowest BCUT2D eigenvalue weighted by Crippen LogP contribution is -2.24. The molecule has 2 heterocycles. The van der Waals surface area contributed by atoms with E-state index < -0.39 is 0 Å². The normalized spacial score (nSPS) is 18.8. The standard InChI is InChI=1S/C18H22N2O/c1-2-13-20-14-7-11-17(20)16-10-6-12-19-18(16)21-15-8-4-3-5-9-15/h3-6,8-10,12,17H,2,7,11,13-14H2,1H3/t17-/m1/s1. The second-order valence-corrected chi connectivity index (χ2v) is 5.51. The zero-order chi connectivity index (χ0) is 14.5. The molecule has 21 heavy (non-hydrogen) atoms. The highest BCUT2D eigenvalue weighted by Crippen LogP contribution is 2.37. The van der Waals surface area contributed by atoms with E-state index in [1.807, 2.05) is 36.4 Å². The van der Waals surface area contributed by atoms with Crippen molar-refractivity contribution in [2.24, 2.45) is 0 Å². The summed E-state index contributed by atoms with van der Waals surface area (Å²) in [6, 6.07) is 14.5. The SMILES string of the molecule is CCCN1CCC[C@@H]1c1cccnc1Oc1ccccc1. The van der Waals surface area contributed by atoms with Gasteiger partial charge in [-0.2, -0.15) is 0 Å². The second kappa shape index (κ2) is 6.72. The summed E-state index contributed by atoms with van der Waals surface area (Å²) in [5, 5.41) is 0. The number of pyridine rings is 1. The Kier molecular flexibility index (Phi) is 4.51. The summed E-state index contributed by atoms with van der Waals surface area (Å²) in [5.41, 5.74) is 1.22. The number of nitrogens with zero attached hydrogens (tertiary/aromatic N) is 2. The van der Waals surface area contributed by atoms with Crippen LogP contribution in [0.4, 0.5) is 0 Å². The smallest absolute Gasteiger partial charge is 0.223 e. The molecule has 1 aromatic heterocycles. The Bertz CT molecular complexity index is 570. The van der Waals surface area contributed by atoms with Crippen LogP contribution in [0.15, 0.2) is 48.7 Å². The first-order valence-electron chi connectivity index (χ1n) is 7.80. The van der Waals surface area contributed by atoms with Crippen molar-refractivity contribution in [1.29, 1.82) is 0 Å². The van der Waals surface area contributed by atoms with Crippen LogP contribution in [0.25, 0.3) is 0 Å². The summed E-state index contributed by atoms with van der Waals surface area (Å²) in [5.74, 6) is 1.59. The lowest BCUT2D eigenvalue weighted by molar-refractivity contribution is 0.252. The number of para-hydroxylation sites is 1. The molecule has 1 fully saturated rings. The van der Waals surface area contributed by atoms with E-state index in [0.29, 0.717) is 6.04 Å². The van der Waals surface area contributed by atoms with Crippen LogP contribution in [0, 0.1) is 0 Å². The Morgan fingerprint density at radius 3 is 2.86 bits per heavy atom. The molecular formula is C18H22N2O. The fourth-order valence-electron chi connectivity index (χ4n) is 3.08. The van der Waals surface area contributed by atoms with Crippen LogP contribution in [0.5, 0.6) is 11.6 Å². The van der Waals surface area contributed by atoms with Crippen LogP contribution in [-0.2, 0) is 0 Å². The van der Waals surface area contributed by atoms with Gasteiger partial charge in [-0.1, -0.05) is 31.2 Å². The minimum atomic E-state index is 0.442. The third-order valence-corrected chi connectivity index (χ3v) is 3.99. The van der Waals surface area contributed by atoms with Crippen molar-refractivity contribution in [3.05, 3.63) is 54.2 Å². The van der Waals surface area contributed by atoms with E-state index in [1.165, 1.54) is 31.4 Å². The number of rotatable bonds is 5. The molecule has 110 valence electrons. The van der Waals surface area contributed by atoms with Gasteiger partial charge in [0.15, 0.2) is 0 Å². The van der Waals surface area contributed by atoms with Crippen molar-refractivity contribution >= 4 is 0 Å². The lowest BCUT2D eigenvalue weighted by Gasteiger charge is -2.25. The summed E-state index contributed by atoms with van der Waals surface area (Å²) >= 11 is 0. The molecule has 0 saturated carbocycles. The molecule has 0 radical (unpaired) electrons. The summed E-state index contributed by atoms with van der Waals surface area (Å²) in [4.78, 5) is 7.01. The van der Waals surface area contributed by atoms with Crippen molar-refractivity contribution in [2.45, 2.75) is 32.2 Å². The number of ether oxygens (including phenoxy) is 1. The first-order chi connectivity index (χ1) is 10.4. The molecule has 1 aliphatic rings. The zero-order valence-electron chi connectivity index (χ0n) is 12.5. The van der Waals surface area contributed by atoms with Gasteiger partial charge in [-0.3, -0.25) is 4.90 Å². The van der Waals surface area contributed by atoms with Crippen LogP contribution >= 0.6 is 0 Å². The van der Waals surface area contributed by atoms with Crippen LogP contribution in [0.2, 0.25) is 0 Å². The predicted octanol–water partition coefficient (Wildman–Crippen LogP) is 4.42. The van der Waals surface area contributed by atoms with E-state index in [0.717, 1.165) is 18.2 Å². The predicted molar refractivity (Wildman–Crippen MR) is 84.6 cm³/mol. The minimum Gasteiger partial charge on any atom is -0.439 e. The third kappa shape index (κ3) is 3.24. The number of benzene rings is 1. The fraction of sp³-hybridized carbons (Fsp3) is 0.389. The van der Waals surface area contributed by atoms with Gasteiger partial charge in [0.25, 0.3) is 0 Å². The van der Waals surface area contributed by atoms with Crippen molar-refractivity contribution < 1.29 is 4.74 Å². The van der Waals surface area contributed by atoms with E-state index in [2.05, 4.69) is 22.9 Å². The summed E-state index contributed by atoms with van der Waals surface area (Å²) in [6.07, 6.45) is 5.44. The van der Waals surface area contributed by atoms with E-state index in [4.69, 9.17) is 4.74 Å². The molecule has 1 aliphatic heterocycles. The molecule has 3 heteroatoms. The highest BCUT2D eigenvalue weighted by Gasteiger charge is 2.28. The Morgan fingerprint density at radius 2 is 2.05 bits per heavy atom. The van der Waals surface area contributed by atoms with Crippen molar-refractivity contribution in [2.75, 3.05) is 13.1 Å². The first-order valence-corrected chi connectivity index (χ1v) is 7.80. The molecular weight excluding hydrogens is 260 g/mol. The molecule has 1 aromatic carbocycles. The molecule has 1 saturated heterocycles. The second-order valence-electron chi connectivity index (χ2n) is 5.51. The summed E-state index contributed by atoms with van der Waals surface area (Å²) < 4.78 is 6.01. The number of aromatic nitrogens is 1. The molecule has 0 unspecified atom stereocenters. The largest absolute Gasteiger partial charge is 0.439 e. The van der Waals surface area contributed by atoms with Gasteiger partial charge in [-0.15, -0.1) is 0 Å². The van der Waals surface area contributed by atoms with Gasteiger partial charge >= 0.3 is 0 Å².